The maximum Gasteiger partial charge on any atom is 0.253 e. The Morgan fingerprint density at radius 1 is 0.969 bits per heavy atom. The molecule has 3 heterocycles. The summed E-state index contributed by atoms with van der Waals surface area (Å²) < 4.78 is 5.48. The number of nitrogens with zero attached hydrogens (tertiary/aromatic N) is 2. The number of amides is 2. The number of hydrogen-bond acceptors (Lipinski definition) is 4. The molecule has 1 N–H and O–H groups in total. The maximum absolute atomic E-state index is 13.1. The first-order valence-electron chi connectivity index (χ1n) is 10.8. The van der Waals surface area contributed by atoms with Crippen LogP contribution in [0.2, 0.25) is 0 Å². The molecule has 32 heavy (non-hydrogen) atoms. The van der Waals surface area contributed by atoms with Crippen molar-refractivity contribution in [2.24, 2.45) is 0 Å². The highest BCUT2D eigenvalue weighted by Gasteiger charge is 2.20. The van der Waals surface area contributed by atoms with Gasteiger partial charge in [-0.2, -0.15) is 0 Å². The molecule has 0 radical (unpaired) electrons. The number of aromatic nitrogens is 1. The Balaban J connectivity index is 1.38. The van der Waals surface area contributed by atoms with Gasteiger partial charge in [-0.05, 0) is 54.8 Å². The van der Waals surface area contributed by atoms with Crippen molar-refractivity contribution in [3.05, 3.63) is 89.7 Å². The highest BCUT2D eigenvalue weighted by Crippen LogP contribution is 2.25. The van der Waals surface area contributed by atoms with Crippen molar-refractivity contribution in [1.29, 1.82) is 0 Å². The molecule has 0 aliphatic carbocycles. The van der Waals surface area contributed by atoms with Crippen molar-refractivity contribution in [2.45, 2.75) is 19.4 Å². The summed E-state index contributed by atoms with van der Waals surface area (Å²) in [6.45, 7) is 1.95. The Kier molecular flexibility index (Phi) is 5.42. The summed E-state index contributed by atoms with van der Waals surface area (Å²) in [5, 5.41) is 3.77. The quantitative estimate of drug-likeness (QED) is 0.505. The fourth-order valence-corrected chi connectivity index (χ4v) is 4.11. The van der Waals surface area contributed by atoms with Gasteiger partial charge in [-0.1, -0.05) is 30.3 Å². The number of carbonyl (C=O) groups is 2. The summed E-state index contributed by atoms with van der Waals surface area (Å²) in [6.07, 6.45) is 3.70. The molecule has 160 valence electrons. The Bertz CT molecular complexity index is 1270. The lowest BCUT2D eigenvalue weighted by Gasteiger charge is -2.16. The van der Waals surface area contributed by atoms with Crippen molar-refractivity contribution in [1.82, 2.24) is 15.2 Å². The van der Waals surface area contributed by atoms with E-state index in [1.807, 2.05) is 59.5 Å². The Morgan fingerprint density at radius 2 is 1.81 bits per heavy atom. The molecule has 0 spiro atoms. The second-order valence-corrected chi connectivity index (χ2v) is 7.93. The van der Waals surface area contributed by atoms with Crippen LogP contribution in [0, 0.1) is 0 Å². The Morgan fingerprint density at radius 3 is 2.62 bits per heavy atom. The van der Waals surface area contributed by atoms with E-state index < -0.39 is 0 Å². The van der Waals surface area contributed by atoms with Crippen molar-refractivity contribution in [2.75, 3.05) is 13.1 Å². The zero-order valence-electron chi connectivity index (χ0n) is 17.6. The minimum Gasteiger partial charge on any atom is -0.463 e. The van der Waals surface area contributed by atoms with Gasteiger partial charge >= 0.3 is 0 Å². The molecule has 2 aromatic carbocycles. The van der Waals surface area contributed by atoms with Crippen LogP contribution in [0.3, 0.4) is 0 Å². The second-order valence-electron chi connectivity index (χ2n) is 7.93. The number of carbonyl (C=O) groups excluding carboxylic acids is 2. The number of rotatable bonds is 5. The Labute approximate surface area is 185 Å². The number of fused-ring (bicyclic) bond motifs is 1. The largest absolute Gasteiger partial charge is 0.463 e. The average Bonchev–Trinajstić information content (AvgIpc) is 3.56. The van der Waals surface area contributed by atoms with Crippen molar-refractivity contribution in [3.8, 4) is 11.5 Å². The van der Waals surface area contributed by atoms with Gasteiger partial charge in [0.25, 0.3) is 11.8 Å². The van der Waals surface area contributed by atoms with Gasteiger partial charge in [0.05, 0.1) is 17.3 Å². The summed E-state index contributed by atoms with van der Waals surface area (Å²) in [6, 6.07) is 20.4. The zero-order chi connectivity index (χ0) is 21.9. The van der Waals surface area contributed by atoms with E-state index in [-0.39, 0.29) is 11.8 Å². The number of likely N-dealkylation sites (tertiary alicyclic amines) is 1. The van der Waals surface area contributed by atoms with Crippen LogP contribution in [0.15, 0.2) is 77.4 Å². The van der Waals surface area contributed by atoms with Crippen LogP contribution in [-0.2, 0) is 6.54 Å². The third kappa shape index (κ3) is 3.99. The first-order valence-corrected chi connectivity index (χ1v) is 10.8. The second kappa shape index (κ2) is 8.67. The number of para-hydroxylation sites is 1. The topological polar surface area (TPSA) is 75.4 Å². The molecule has 1 saturated heterocycles. The molecular formula is C26H23N3O3. The molecule has 2 amide bonds. The maximum atomic E-state index is 13.1. The van der Waals surface area contributed by atoms with E-state index in [0.717, 1.165) is 42.4 Å². The number of pyridine rings is 1. The molecule has 2 aromatic heterocycles. The van der Waals surface area contributed by atoms with Gasteiger partial charge in [-0.25, -0.2) is 4.98 Å². The molecule has 0 atom stereocenters. The fourth-order valence-electron chi connectivity index (χ4n) is 4.11. The summed E-state index contributed by atoms with van der Waals surface area (Å²) in [4.78, 5) is 32.3. The molecule has 1 aliphatic heterocycles. The molecule has 0 unspecified atom stereocenters. The highest BCUT2D eigenvalue weighted by molar-refractivity contribution is 6.07. The predicted molar refractivity (Wildman–Crippen MR) is 122 cm³/mol. The molecule has 6 heteroatoms. The van der Waals surface area contributed by atoms with E-state index >= 15 is 0 Å². The van der Waals surface area contributed by atoms with Crippen LogP contribution in [0.4, 0.5) is 0 Å². The average molecular weight is 425 g/mol. The van der Waals surface area contributed by atoms with E-state index in [1.54, 1.807) is 18.4 Å². The van der Waals surface area contributed by atoms with Crippen LogP contribution in [0.5, 0.6) is 0 Å². The van der Waals surface area contributed by atoms with Gasteiger partial charge in [0.2, 0.25) is 0 Å². The molecular weight excluding hydrogens is 402 g/mol. The van der Waals surface area contributed by atoms with E-state index in [9.17, 15) is 9.59 Å². The molecule has 4 aromatic rings. The third-order valence-corrected chi connectivity index (χ3v) is 5.75. The van der Waals surface area contributed by atoms with Gasteiger partial charge < -0.3 is 14.6 Å². The molecule has 6 nitrogen and oxygen atoms in total. The first kappa shape index (κ1) is 20.0. The predicted octanol–water partition coefficient (Wildman–Crippen LogP) is 4.66. The third-order valence-electron chi connectivity index (χ3n) is 5.75. The smallest absolute Gasteiger partial charge is 0.253 e. The first-order chi connectivity index (χ1) is 15.7. The Hall–Kier alpha value is -3.93. The van der Waals surface area contributed by atoms with Crippen LogP contribution in [-0.4, -0.2) is 34.8 Å². The number of benzene rings is 2. The summed E-state index contributed by atoms with van der Waals surface area (Å²) >= 11 is 0. The van der Waals surface area contributed by atoms with E-state index in [0.29, 0.717) is 29.1 Å². The van der Waals surface area contributed by atoms with Crippen LogP contribution < -0.4 is 5.32 Å². The fraction of sp³-hybridized carbons (Fsp3) is 0.192. The van der Waals surface area contributed by atoms with Gasteiger partial charge in [0, 0.05) is 30.6 Å². The summed E-state index contributed by atoms with van der Waals surface area (Å²) in [5.74, 6) is 0.463. The summed E-state index contributed by atoms with van der Waals surface area (Å²) in [7, 11) is 0. The van der Waals surface area contributed by atoms with E-state index in [2.05, 4.69) is 10.3 Å². The van der Waals surface area contributed by atoms with Crippen molar-refractivity contribution >= 4 is 22.7 Å². The lowest BCUT2D eigenvalue weighted by atomic mass is 10.1. The van der Waals surface area contributed by atoms with Crippen molar-refractivity contribution < 1.29 is 14.0 Å². The molecule has 5 rings (SSSR count). The highest BCUT2D eigenvalue weighted by atomic mass is 16.3. The number of furan rings is 1. The lowest BCUT2D eigenvalue weighted by Crippen LogP contribution is -2.28. The van der Waals surface area contributed by atoms with E-state index in [1.165, 1.54) is 0 Å². The van der Waals surface area contributed by atoms with Crippen molar-refractivity contribution in [3.63, 3.8) is 0 Å². The van der Waals surface area contributed by atoms with Gasteiger partial charge in [-0.15, -0.1) is 0 Å². The number of hydrogen-bond donors (Lipinski definition) is 1. The lowest BCUT2D eigenvalue weighted by molar-refractivity contribution is 0.0792. The normalized spacial score (nSPS) is 13.4. The minimum atomic E-state index is -0.201. The molecule has 1 fully saturated rings. The molecule has 0 bridgehead atoms. The standard InChI is InChI=1S/C26H23N3O3/c30-25(27-17-18-7-5-8-19(15-18)26(31)29-12-3-4-13-29)21-16-23(24-11-6-14-32-24)28-22-10-2-1-9-20(21)22/h1-2,5-11,14-16H,3-4,12-13,17H2,(H,27,30). The molecule has 0 saturated carbocycles. The SMILES string of the molecule is O=C(NCc1cccc(C(=O)N2CCCC2)c1)c1cc(-c2ccco2)nc2ccccc12. The van der Waals surface area contributed by atoms with Crippen LogP contribution in [0.1, 0.15) is 39.1 Å². The number of nitrogens with one attached hydrogen (secondary N) is 1. The van der Waals surface area contributed by atoms with Crippen LogP contribution in [0.25, 0.3) is 22.4 Å². The van der Waals surface area contributed by atoms with Gasteiger partial charge in [0.15, 0.2) is 5.76 Å². The summed E-state index contributed by atoms with van der Waals surface area (Å²) in [5.41, 5.74) is 3.41. The minimum absolute atomic E-state index is 0.0545. The van der Waals surface area contributed by atoms with Gasteiger partial charge in [0.1, 0.15) is 5.69 Å². The molecule has 1 aliphatic rings. The van der Waals surface area contributed by atoms with E-state index in [4.69, 9.17) is 4.42 Å². The zero-order valence-corrected chi connectivity index (χ0v) is 17.6. The monoisotopic (exact) mass is 425 g/mol. The van der Waals surface area contributed by atoms with Gasteiger partial charge in [-0.3, -0.25) is 9.59 Å². The van der Waals surface area contributed by atoms with Crippen LogP contribution >= 0.6 is 0 Å².